The number of unbranched alkanes of at least 4 members (excludes halogenated alkanes) is 4. The highest BCUT2D eigenvalue weighted by molar-refractivity contribution is 5.70. The van der Waals surface area contributed by atoms with Crippen molar-refractivity contribution in [1.82, 2.24) is 0 Å². The van der Waals surface area contributed by atoms with Gasteiger partial charge in [0.2, 0.25) is 0 Å². The molecule has 0 saturated carbocycles. The van der Waals surface area contributed by atoms with Crippen LogP contribution in [0, 0.1) is 42.9 Å². The van der Waals surface area contributed by atoms with E-state index in [1.54, 1.807) is 24.3 Å². The highest BCUT2D eigenvalue weighted by Gasteiger charge is 2.13. The molecule has 0 fully saturated rings. The van der Waals surface area contributed by atoms with E-state index in [4.69, 9.17) is 9.47 Å². The molecule has 0 unspecified atom stereocenters. The number of nitro groups is 2. The summed E-state index contributed by atoms with van der Waals surface area (Å²) in [6, 6.07) is 25.9. The van der Waals surface area contributed by atoms with Crippen LogP contribution in [0.25, 0.3) is 0 Å². The molecule has 0 aliphatic carbocycles. The van der Waals surface area contributed by atoms with Gasteiger partial charge in [0.25, 0.3) is 11.4 Å². The van der Waals surface area contributed by atoms with Crippen LogP contribution >= 0.6 is 0 Å². The number of anilines is 2. The standard InChI is InChI=1S/C43H46N10O8/c1-3-50(36-16-12-34(13-17-36)46-48-40-22-20-38(52(56)57)28-32(40)30-44)24-26-60-42(54)10-8-6-5-7-9-11-43(55)61-27-25-51(4-2)37-18-14-35(15-19-37)47-49-41-23-21-39(53(58)59)29-33(41)31-45/h12-23,28-29H,3-11,24-27H2,1-2H3. The number of carbonyl (C=O) groups is 2. The quantitative estimate of drug-likeness (QED) is 0.0210. The van der Waals surface area contributed by atoms with Crippen LogP contribution < -0.4 is 9.80 Å². The van der Waals surface area contributed by atoms with E-state index < -0.39 is 9.85 Å². The summed E-state index contributed by atoms with van der Waals surface area (Å²) in [5, 5.41) is 57.0. The highest BCUT2D eigenvalue weighted by Crippen LogP contribution is 2.29. The third kappa shape index (κ3) is 14.9. The van der Waals surface area contributed by atoms with Gasteiger partial charge < -0.3 is 19.3 Å². The lowest BCUT2D eigenvalue weighted by Gasteiger charge is -2.23. The maximum atomic E-state index is 12.3. The molecule has 0 saturated heterocycles. The van der Waals surface area contributed by atoms with Gasteiger partial charge in [-0.1, -0.05) is 19.3 Å². The van der Waals surface area contributed by atoms with E-state index >= 15 is 0 Å². The van der Waals surface area contributed by atoms with Crippen molar-refractivity contribution in [3.8, 4) is 12.1 Å². The summed E-state index contributed by atoms with van der Waals surface area (Å²) in [7, 11) is 0. The van der Waals surface area contributed by atoms with Gasteiger partial charge in [0, 0.05) is 61.6 Å². The molecule has 0 aliphatic rings. The predicted molar refractivity (Wildman–Crippen MR) is 227 cm³/mol. The lowest BCUT2D eigenvalue weighted by atomic mass is 10.1. The molecular weight excluding hydrogens is 785 g/mol. The molecule has 18 heteroatoms. The monoisotopic (exact) mass is 830 g/mol. The highest BCUT2D eigenvalue weighted by atomic mass is 16.6. The Morgan fingerprint density at radius 1 is 0.590 bits per heavy atom. The third-order valence-corrected chi connectivity index (χ3v) is 9.37. The number of benzene rings is 4. The van der Waals surface area contributed by atoms with Crippen molar-refractivity contribution in [2.24, 2.45) is 20.5 Å². The summed E-state index contributed by atoms with van der Waals surface area (Å²) in [5.41, 5.74) is 3.06. The Balaban J connectivity index is 1.05. The fourth-order valence-electron chi connectivity index (χ4n) is 6.00. The topological polar surface area (TPSA) is 242 Å². The molecule has 4 aromatic carbocycles. The normalized spacial score (nSPS) is 10.9. The Kier molecular flexibility index (Phi) is 18.4. The minimum absolute atomic E-state index is 0.0539. The van der Waals surface area contributed by atoms with Gasteiger partial charge in [-0.2, -0.15) is 20.8 Å². The summed E-state index contributed by atoms with van der Waals surface area (Å²) in [5.74, 6) is -0.508. The smallest absolute Gasteiger partial charge is 0.305 e. The van der Waals surface area contributed by atoms with Gasteiger partial charge in [0.15, 0.2) is 0 Å². The minimum Gasteiger partial charge on any atom is -0.464 e. The van der Waals surface area contributed by atoms with E-state index in [2.05, 4.69) is 30.3 Å². The summed E-state index contributed by atoms with van der Waals surface area (Å²) in [4.78, 5) is 49.6. The summed E-state index contributed by atoms with van der Waals surface area (Å²) >= 11 is 0. The number of likely N-dealkylation sites (N-methyl/N-ethyl adjacent to an activating group) is 2. The maximum Gasteiger partial charge on any atom is 0.305 e. The van der Waals surface area contributed by atoms with Crippen molar-refractivity contribution in [3.05, 3.63) is 116 Å². The lowest BCUT2D eigenvalue weighted by Crippen LogP contribution is -2.27. The van der Waals surface area contributed by atoms with Crippen LogP contribution in [0.1, 0.15) is 69.9 Å². The first-order chi connectivity index (χ1) is 29.5. The molecule has 0 N–H and O–H groups in total. The number of azo groups is 2. The van der Waals surface area contributed by atoms with E-state index in [0.717, 1.165) is 42.8 Å². The molecule has 0 heterocycles. The van der Waals surface area contributed by atoms with Gasteiger partial charge in [-0.3, -0.25) is 29.8 Å². The van der Waals surface area contributed by atoms with Gasteiger partial charge in [-0.05, 0) is 87.4 Å². The van der Waals surface area contributed by atoms with E-state index in [9.17, 15) is 40.3 Å². The van der Waals surface area contributed by atoms with Gasteiger partial charge in [-0.15, -0.1) is 10.2 Å². The second-order valence-corrected chi connectivity index (χ2v) is 13.4. The first kappa shape index (κ1) is 46.1. The second kappa shape index (κ2) is 24.4. The number of nitriles is 2. The number of ether oxygens (including phenoxy) is 2. The molecule has 18 nitrogen and oxygen atoms in total. The van der Waals surface area contributed by atoms with Crippen LogP contribution in [0.2, 0.25) is 0 Å². The van der Waals surface area contributed by atoms with Crippen molar-refractivity contribution >= 4 is 57.4 Å². The van der Waals surface area contributed by atoms with E-state index in [0.29, 0.717) is 63.2 Å². The number of hydrogen-bond acceptors (Lipinski definition) is 16. The van der Waals surface area contributed by atoms with Crippen molar-refractivity contribution in [1.29, 1.82) is 10.5 Å². The average Bonchev–Trinajstić information content (AvgIpc) is 3.27. The van der Waals surface area contributed by atoms with Crippen LogP contribution in [0.4, 0.5) is 45.5 Å². The van der Waals surface area contributed by atoms with Crippen LogP contribution in [0.15, 0.2) is 105 Å². The summed E-state index contributed by atoms with van der Waals surface area (Å²) in [6.07, 6.45) is 4.63. The Bertz CT molecular complexity index is 2110. The number of rotatable bonds is 24. The van der Waals surface area contributed by atoms with Gasteiger partial charge in [0.05, 0.1) is 45.4 Å². The van der Waals surface area contributed by atoms with E-state index in [1.807, 2.05) is 50.3 Å². The maximum absolute atomic E-state index is 12.3. The van der Waals surface area contributed by atoms with Crippen LogP contribution in [-0.4, -0.2) is 61.2 Å². The SMILES string of the molecule is CCN(CCOC(=O)CCCCCCCC(=O)OCCN(CC)c1ccc(N=Nc2ccc([N+](=O)[O-])cc2C#N)cc1)c1ccc(N=Nc2ccc([N+](=O)[O-])cc2C#N)cc1. The minimum atomic E-state index is -0.576. The first-order valence-electron chi connectivity index (χ1n) is 19.8. The van der Waals surface area contributed by atoms with Crippen molar-refractivity contribution in [2.45, 2.75) is 58.8 Å². The lowest BCUT2D eigenvalue weighted by molar-refractivity contribution is -0.385. The molecule has 4 aromatic rings. The zero-order chi connectivity index (χ0) is 44.0. The van der Waals surface area contributed by atoms with Gasteiger partial charge in [0.1, 0.15) is 36.7 Å². The number of nitrogens with zero attached hydrogens (tertiary/aromatic N) is 10. The Morgan fingerprint density at radius 2 is 0.967 bits per heavy atom. The zero-order valence-corrected chi connectivity index (χ0v) is 34.0. The zero-order valence-electron chi connectivity index (χ0n) is 34.0. The Labute approximate surface area is 353 Å². The number of non-ortho nitro benzene ring substituents is 2. The fraction of sp³-hybridized carbons (Fsp3) is 0.349. The molecule has 0 radical (unpaired) electrons. The predicted octanol–water partition coefficient (Wildman–Crippen LogP) is 10.2. The average molecular weight is 831 g/mol. The molecule has 0 bridgehead atoms. The Morgan fingerprint density at radius 3 is 1.31 bits per heavy atom. The van der Waals surface area contributed by atoms with Crippen molar-refractivity contribution < 1.29 is 28.9 Å². The number of esters is 2. The molecule has 0 aliphatic heterocycles. The molecule has 61 heavy (non-hydrogen) atoms. The molecule has 0 atom stereocenters. The van der Waals surface area contributed by atoms with Crippen molar-refractivity contribution in [2.75, 3.05) is 49.2 Å². The first-order valence-corrected chi connectivity index (χ1v) is 19.8. The number of carbonyl (C=O) groups excluding carboxylic acids is 2. The molecule has 0 amide bonds. The number of nitro benzene ring substituents is 2. The van der Waals surface area contributed by atoms with Gasteiger partial charge in [-0.25, -0.2) is 0 Å². The molecule has 0 spiro atoms. The fourth-order valence-corrected chi connectivity index (χ4v) is 6.00. The van der Waals surface area contributed by atoms with Crippen molar-refractivity contribution in [3.63, 3.8) is 0 Å². The molecule has 4 rings (SSSR count). The van der Waals surface area contributed by atoms with Crippen LogP contribution in [-0.2, 0) is 19.1 Å². The van der Waals surface area contributed by atoms with E-state index in [1.165, 1.54) is 24.3 Å². The largest absolute Gasteiger partial charge is 0.464 e. The summed E-state index contributed by atoms with van der Waals surface area (Å²) < 4.78 is 10.9. The molecular formula is C43H46N10O8. The molecule has 0 aromatic heterocycles. The van der Waals surface area contributed by atoms with E-state index in [-0.39, 0.29) is 59.0 Å². The molecule has 316 valence electrons. The third-order valence-electron chi connectivity index (χ3n) is 9.37. The second-order valence-electron chi connectivity index (χ2n) is 13.4. The summed E-state index contributed by atoms with van der Waals surface area (Å²) in [6.45, 7) is 6.85. The number of hydrogen-bond donors (Lipinski definition) is 0. The van der Waals surface area contributed by atoms with Gasteiger partial charge >= 0.3 is 11.9 Å². The van der Waals surface area contributed by atoms with Crippen LogP contribution in [0.3, 0.4) is 0 Å². The Hall–Kier alpha value is -7.60. The van der Waals surface area contributed by atoms with Crippen LogP contribution in [0.5, 0.6) is 0 Å².